The normalized spacial score (nSPS) is 19.8. The molecule has 0 fully saturated rings. The van der Waals surface area contributed by atoms with Crippen LogP contribution in [0.5, 0.6) is 0 Å². The van der Waals surface area contributed by atoms with Gasteiger partial charge in [-0.3, -0.25) is 0 Å². The van der Waals surface area contributed by atoms with Gasteiger partial charge in [0.15, 0.2) is 0 Å². The van der Waals surface area contributed by atoms with Gasteiger partial charge in [0.05, 0.1) is 11.0 Å². The van der Waals surface area contributed by atoms with E-state index in [0.29, 0.717) is 22.4 Å². The van der Waals surface area contributed by atoms with Crippen LogP contribution in [0.2, 0.25) is 0 Å². The summed E-state index contributed by atoms with van der Waals surface area (Å²) in [6.07, 6.45) is 0.246. The highest BCUT2D eigenvalue weighted by atomic mass is 14.7. The molecule has 1 heteroatoms. The van der Waals surface area contributed by atoms with E-state index in [1.807, 2.05) is 0 Å². The van der Waals surface area contributed by atoms with Gasteiger partial charge in [-0.2, -0.15) is 0 Å². The summed E-state index contributed by atoms with van der Waals surface area (Å²) in [5, 5.41) is 0.278. The monoisotopic (exact) mass is 213 g/mol. The molecule has 4 rings (SSSR count). The lowest BCUT2D eigenvalue weighted by Crippen LogP contribution is -1.81. The van der Waals surface area contributed by atoms with Gasteiger partial charge in [-0.25, -0.2) is 0 Å². The fourth-order valence-corrected chi connectivity index (χ4v) is 2.23. The largest absolute Gasteiger partial charge is 0.358 e. The minimum Gasteiger partial charge on any atom is -0.358 e. The Bertz CT molecular complexity index is 1070. The molecule has 1 aromatic heterocycles. The molecule has 0 saturated heterocycles. The van der Waals surface area contributed by atoms with Gasteiger partial charge in [-0.15, -0.1) is 0 Å². The highest BCUT2D eigenvalue weighted by Crippen LogP contribution is 2.40. The maximum Gasteiger partial charge on any atom is 0.0645 e. The summed E-state index contributed by atoms with van der Waals surface area (Å²) in [6.45, 7) is 0. The molecule has 0 unspecified atom stereocenters. The molecule has 3 aromatic rings. The van der Waals surface area contributed by atoms with E-state index < -0.39 is 0 Å². The molecule has 0 aliphatic heterocycles. The number of H-pyrrole nitrogens is 1. The molecule has 0 spiro atoms. The van der Waals surface area contributed by atoms with Crippen molar-refractivity contribution in [3.05, 3.63) is 59.6 Å². The predicted molar refractivity (Wildman–Crippen MR) is 66.5 cm³/mol. The van der Waals surface area contributed by atoms with Crippen molar-refractivity contribution in [3.63, 3.8) is 0 Å². The van der Waals surface area contributed by atoms with E-state index >= 15 is 0 Å². The quantitative estimate of drug-likeness (QED) is 0.458. The second-order valence-corrected chi connectivity index (χ2v) is 3.76. The highest BCUT2D eigenvalue weighted by molar-refractivity contribution is 6.00. The molecule has 16 heavy (non-hydrogen) atoms. The van der Waals surface area contributed by atoms with Gasteiger partial charge in [0.2, 0.25) is 0 Å². The minimum atomic E-state index is -0.358. The second kappa shape index (κ2) is 2.76. The summed E-state index contributed by atoms with van der Waals surface area (Å²) in [4.78, 5) is 2.99. The molecular formula is C15H11N. The van der Waals surface area contributed by atoms with Crippen molar-refractivity contribution in [1.82, 2.24) is 4.98 Å². The van der Waals surface area contributed by atoms with Gasteiger partial charge in [0.1, 0.15) is 0 Å². The molecule has 1 nitrogen and oxygen atoms in total. The van der Waals surface area contributed by atoms with Crippen molar-refractivity contribution in [2.24, 2.45) is 0 Å². The number of benzene rings is 2. The number of hydrogen-bond donors (Lipinski definition) is 1. The van der Waals surface area contributed by atoms with Crippen molar-refractivity contribution in [2.75, 3.05) is 0 Å². The van der Waals surface area contributed by atoms with Gasteiger partial charge in [-0.05, 0) is 17.2 Å². The third kappa shape index (κ3) is 0.904. The lowest BCUT2D eigenvalue weighted by atomic mass is 10.0. The summed E-state index contributed by atoms with van der Waals surface area (Å²) in [7, 11) is 0. The predicted octanol–water partition coefficient (Wildman–Crippen LogP) is 3.74. The average molecular weight is 213 g/mol. The summed E-state index contributed by atoms with van der Waals surface area (Å²) < 4.78 is 63.7. The zero-order chi connectivity index (χ0) is 17.5. The van der Waals surface area contributed by atoms with Crippen molar-refractivity contribution >= 4 is 10.9 Å². The average Bonchev–Trinajstić information content (AvgIpc) is 3.10. The Labute approximate surface area is 105 Å². The number of aromatic amines is 1. The minimum absolute atomic E-state index is 0.107. The first-order valence-electron chi connectivity index (χ1n) is 8.96. The third-order valence-electron chi connectivity index (χ3n) is 2.88. The molecule has 0 atom stereocenters. The van der Waals surface area contributed by atoms with Crippen LogP contribution in [0.4, 0.5) is 0 Å². The van der Waals surface area contributed by atoms with Crippen molar-refractivity contribution in [2.45, 2.75) is 6.42 Å². The topological polar surface area (TPSA) is 15.8 Å². The Morgan fingerprint density at radius 1 is 1.00 bits per heavy atom. The number of rotatable bonds is 0. The van der Waals surface area contributed by atoms with E-state index in [1.54, 1.807) is 0 Å². The van der Waals surface area contributed by atoms with Crippen LogP contribution in [-0.2, 0) is 6.42 Å². The zero-order valence-corrected chi connectivity index (χ0v) is 8.21. The van der Waals surface area contributed by atoms with Crippen LogP contribution in [0.25, 0.3) is 22.0 Å². The zero-order valence-electron chi connectivity index (χ0n) is 16.2. The molecule has 1 N–H and O–H groups in total. The van der Waals surface area contributed by atoms with Crippen LogP contribution in [0.15, 0.2) is 48.3 Å². The van der Waals surface area contributed by atoms with E-state index in [9.17, 15) is 0 Å². The molecule has 0 saturated carbocycles. The maximum atomic E-state index is 8.18. The molecule has 0 radical (unpaired) electrons. The van der Waals surface area contributed by atoms with E-state index in [1.165, 1.54) is 0 Å². The summed E-state index contributed by atoms with van der Waals surface area (Å²) in [5.41, 5.74) is 2.10. The summed E-state index contributed by atoms with van der Waals surface area (Å²) in [6, 6.07) is -2.00. The van der Waals surface area contributed by atoms with Crippen molar-refractivity contribution in [3.8, 4) is 11.1 Å². The first kappa shape index (κ1) is 3.77. The SMILES string of the molecule is [2H]c1c([2H])c([2H])c2c(c1[2H])Cc1[nH]c3c([2H])c([2H])c([2H])c([2H])c3c1-2. The van der Waals surface area contributed by atoms with Crippen LogP contribution in [0.3, 0.4) is 0 Å². The number of hydrogen-bond acceptors (Lipinski definition) is 0. The van der Waals surface area contributed by atoms with Gasteiger partial charge in [0, 0.05) is 28.6 Å². The van der Waals surface area contributed by atoms with Crippen molar-refractivity contribution in [1.29, 1.82) is 0 Å². The molecule has 2 aromatic carbocycles. The molecule has 76 valence electrons. The van der Waals surface area contributed by atoms with E-state index in [-0.39, 0.29) is 65.7 Å². The first-order chi connectivity index (χ1) is 11.3. The van der Waals surface area contributed by atoms with E-state index in [2.05, 4.69) is 4.98 Å². The molecule has 0 bridgehead atoms. The van der Waals surface area contributed by atoms with Crippen molar-refractivity contribution < 1.29 is 11.0 Å². The van der Waals surface area contributed by atoms with Gasteiger partial charge in [0.25, 0.3) is 0 Å². The van der Waals surface area contributed by atoms with Gasteiger partial charge >= 0.3 is 0 Å². The fourth-order valence-electron chi connectivity index (χ4n) is 2.23. The summed E-state index contributed by atoms with van der Waals surface area (Å²) >= 11 is 0. The lowest BCUT2D eigenvalue weighted by molar-refractivity contribution is 1.17. The Kier molecular flexibility index (Phi) is 0.651. The first-order valence-corrected chi connectivity index (χ1v) is 4.96. The van der Waals surface area contributed by atoms with E-state index in [4.69, 9.17) is 11.0 Å². The van der Waals surface area contributed by atoms with E-state index in [0.717, 1.165) is 0 Å². The van der Waals surface area contributed by atoms with Crippen LogP contribution in [-0.4, -0.2) is 4.98 Å². The maximum absolute atomic E-state index is 8.18. The highest BCUT2D eigenvalue weighted by Gasteiger charge is 2.21. The van der Waals surface area contributed by atoms with Gasteiger partial charge in [-0.1, -0.05) is 42.3 Å². The number of nitrogens with one attached hydrogen (secondary N) is 1. The Morgan fingerprint density at radius 2 is 1.81 bits per heavy atom. The Morgan fingerprint density at radius 3 is 2.81 bits per heavy atom. The second-order valence-electron chi connectivity index (χ2n) is 3.76. The molecule has 1 aliphatic carbocycles. The molecule has 1 heterocycles. The van der Waals surface area contributed by atoms with Crippen LogP contribution in [0, 0.1) is 0 Å². The lowest BCUT2D eigenvalue weighted by Gasteiger charge is -1.99. The smallest absolute Gasteiger partial charge is 0.0645 e. The van der Waals surface area contributed by atoms with Gasteiger partial charge < -0.3 is 4.98 Å². The third-order valence-corrected chi connectivity index (χ3v) is 2.88. The fraction of sp³-hybridized carbons (Fsp3) is 0.0667. The van der Waals surface area contributed by atoms with Crippen LogP contribution < -0.4 is 0 Å². The Hall–Kier alpha value is -2.02. The molecule has 0 amide bonds. The standard InChI is InChI=1S/C15H11N/c1-2-6-11-10(5-1)9-14-15(11)12-7-3-4-8-13(12)16-14/h1-8,16H,9H2/i1D,2D,3D,4D,5D,6D,7D,8D. The number of fused-ring (bicyclic) bond motifs is 5. The number of aromatic nitrogens is 1. The van der Waals surface area contributed by atoms with Crippen LogP contribution >= 0.6 is 0 Å². The molecular weight excluding hydrogens is 194 g/mol. The number of para-hydroxylation sites is 1. The van der Waals surface area contributed by atoms with Crippen LogP contribution in [0.1, 0.15) is 22.2 Å². The Balaban J connectivity index is 2.21. The molecule has 1 aliphatic rings. The summed E-state index contributed by atoms with van der Waals surface area (Å²) in [5.74, 6) is 0.